The van der Waals surface area contributed by atoms with Crippen LogP contribution < -0.4 is 0 Å². The highest BCUT2D eigenvalue weighted by molar-refractivity contribution is 7.09. The number of aromatic nitrogens is 4. The van der Waals surface area contributed by atoms with Crippen molar-refractivity contribution in [2.24, 2.45) is 0 Å². The predicted molar refractivity (Wildman–Crippen MR) is 63.4 cm³/mol. The third-order valence-electron chi connectivity index (χ3n) is 2.90. The minimum absolute atomic E-state index is 0.00379. The maximum absolute atomic E-state index is 10.7. The Labute approximate surface area is 107 Å². The van der Waals surface area contributed by atoms with Crippen LogP contribution in [0.15, 0.2) is 17.9 Å². The number of aromatic carboxylic acids is 1. The van der Waals surface area contributed by atoms with Crippen LogP contribution in [-0.4, -0.2) is 49.0 Å². The van der Waals surface area contributed by atoms with E-state index in [4.69, 9.17) is 5.11 Å². The predicted octanol–water partition coefficient (Wildman–Crippen LogP) is 0.490. The minimum Gasteiger partial charge on any atom is -0.476 e. The Morgan fingerprint density at radius 2 is 2.39 bits per heavy atom. The zero-order chi connectivity index (χ0) is 12.5. The van der Waals surface area contributed by atoms with Crippen LogP contribution in [0.4, 0.5) is 0 Å². The molecule has 0 amide bonds. The zero-order valence-electron chi connectivity index (χ0n) is 9.43. The minimum atomic E-state index is -1.04. The lowest BCUT2D eigenvalue weighted by Gasteiger charge is -2.38. The van der Waals surface area contributed by atoms with Gasteiger partial charge >= 0.3 is 5.97 Å². The molecule has 0 aromatic carbocycles. The van der Waals surface area contributed by atoms with Crippen molar-refractivity contribution < 1.29 is 9.90 Å². The van der Waals surface area contributed by atoms with Crippen molar-refractivity contribution >= 4 is 17.3 Å². The number of likely N-dealkylation sites (tertiary alicyclic amines) is 1. The normalized spacial score (nSPS) is 16.7. The van der Waals surface area contributed by atoms with Crippen molar-refractivity contribution in [2.75, 3.05) is 13.1 Å². The molecule has 1 aliphatic heterocycles. The summed E-state index contributed by atoms with van der Waals surface area (Å²) >= 11 is 1.64. The molecular weight excluding hydrogens is 254 g/mol. The third kappa shape index (κ3) is 2.12. The van der Waals surface area contributed by atoms with Gasteiger partial charge < -0.3 is 5.11 Å². The van der Waals surface area contributed by atoms with Crippen molar-refractivity contribution in [3.05, 3.63) is 28.5 Å². The van der Waals surface area contributed by atoms with Gasteiger partial charge in [0, 0.05) is 30.7 Å². The molecule has 18 heavy (non-hydrogen) atoms. The number of hydrogen-bond acceptors (Lipinski definition) is 6. The monoisotopic (exact) mass is 265 g/mol. The van der Waals surface area contributed by atoms with E-state index >= 15 is 0 Å². The van der Waals surface area contributed by atoms with Crippen molar-refractivity contribution in [2.45, 2.75) is 12.6 Å². The maximum atomic E-state index is 10.7. The van der Waals surface area contributed by atoms with E-state index in [0.717, 1.165) is 19.6 Å². The molecule has 7 nitrogen and oxygen atoms in total. The van der Waals surface area contributed by atoms with Crippen LogP contribution in [0.5, 0.6) is 0 Å². The molecule has 1 N–H and O–H groups in total. The summed E-state index contributed by atoms with van der Waals surface area (Å²) in [5.41, 5.74) is 1.82. The summed E-state index contributed by atoms with van der Waals surface area (Å²) in [5, 5.41) is 16.2. The van der Waals surface area contributed by atoms with Crippen LogP contribution >= 0.6 is 11.3 Å². The summed E-state index contributed by atoms with van der Waals surface area (Å²) in [6.45, 7) is 2.61. The van der Waals surface area contributed by atoms with Crippen LogP contribution in [0.3, 0.4) is 0 Å². The van der Waals surface area contributed by atoms with E-state index < -0.39 is 5.97 Å². The summed E-state index contributed by atoms with van der Waals surface area (Å²) in [6, 6.07) is 0.221. The van der Waals surface area contributed by atoms with Crippen molar-refractivity contribution in [3.63, 3.8) is 0 Å². The fourth-order valence-electron chi connectivity index (χ4n) is 1.93. The highest BCUT2D eigenvalue weighted by Crippen LogP contribution is 2.23. The number of nitrogens with zero attached hydrogens (tertiary/aromatic N) is 5. The first kappa shape index (κ1) is 11.3. The second-order valence-electron chi connectivity index (χ2n) is 4.20. The first-order valence-corrected chi connectivity index (χ1v) is 6.35. The molecule has 0 spiro atoms. The molecule has 1 fully saturated rings. The fourth-order valence-corrected chi connectivity index (χ4v) is 2.57. The fraction of sp³-hybridized carbons (Fsp3) is 0.400. The second kappa shape index (κ2) is 4.46. The van der Waals surface area contributed by atoms with E-state index in [9.17, 15) is 4.79 Å². The molecule has 2 aromatic rings. The molecular formula is C10H11N5O2S. The topological polar surface area (TPSA) is 84.1 Å². The lowest BCUT2D eigenvalue weighted by molar-refractivity contribution is 0.0690. The SMILES string of the molecule is O=C(O)c1cn(C2CN(Cc3cncs3)C2)nn1. The molecule has 94 valence electrons. The van der Waals surface area contributed by atoms with E-state index in [1.165, 1.54) is 11.1 Å². The summed E-state index contributed by atoms with van der Waals surface area (Å²) in [5.74, 6) is -1.04. The van der Waals surface area contributed by atoms with Gasteiger partial charge in [-0.2, -0.15) is 0 Å². The largest absolute Gasteiger partial charge is 0.476 e. The molecule has 0 bridgehead atoms. The van der Waals surface area contributed by atoms with Gasteiger partial charge in [-0.25, -0.2) is 9.48 Å². The van der Waals surface area contributed by atoms with Gasteiger partial charge in [-0.3, -0.25) is 9.88 Å². The van der Waals surface area contributed by atoms with Gasteiger partial charge in [0.2, 0.25) is 0 Å². The van der Waals surface area contributed by atoms with Gasteiger partial charge in [0.1, 0.15) is 0 Å². The lowest BCUT2D eigenvalue weighted by atomic mass is 10.1. The van der Waals surface area contributed by atoms with Crippen LogP contribution in [0, 0.1) is 0 Å². The van der Waals surface area contributed by atoms with Crippen molar-refractivity contribution in [1.82, 2.24) is 24.9 Å². The summed E-state index contributed by atoms with van der Waals surface area (Å²) < 4.78 is 1.63. The number of rotatable bonds is 4. The molecule has 0 aliphatic carbocycles. The average molecular weight is 265 g/mol. The summed E-state index contributed by atoms with van der Waals surface area (Å²) in [4.78, 5) is 18.2. The van der Waals surface area contributed by atoms with E-state index in [-0.39, 0.29) is 11.7 Å². The highest BCUT2D eigenvalue weighted by atomic mass is 32.1. The standard InChI is InChI=1S/C10H11N5O2S/c16-10(17)9-5-15(13-12-9)7-2-14(3-7)4-8-1-11-6-18-8/h1,5-7H,2-4H2,(H,16,17). The highest BCUT2D eigenvalue weighted by Gasteiger charge is 2.29. The third-order valence-corrected chi connectivity index (χ3v) is 3.67. The van der Waals surface area contributed by atoms with Crippen LogP contribution in [-0.2, 0) is 6.54 Å². The number of carboxylic acids is 1. The Morgan fingerprint density at radius 3 is 3.00 bits per heavy atom. The van der Waals surface area contributed by atoms with Crippen LogP contribution in [0.1, 0.15) is 21.4 Å². The molecule has 3 heterocycles. The van der Waals surface area contributed by atoms with Gasteiger partial charge in [-0.15, -0.1) is 16.4 Å². The quantitative estimate of drug-likeness (QED) is 0.866. The van der Waals surface area contributed by atoms with Gasteiger partial charge in [-0.1, -0.05) is 5.21 Å². The Morgan fingerprint density at radius 1 is 1.56 bits per heavy atom. The lowest BCUT2D eigenvalue weighted by Crippen LogP contribution is -2.47. The van der Waals surface area contributed by atoms with Gasteiger partial charge in [0.15, 0.2) is 5.69 Å². The van der Waals surface area contributed by atoms with Crippen LogP contribution in [0.25, 0.3) is 0 Å². The summed E-state index contributed by atoms with van der Waals surface area (Å²) in [6.07, 6.45) is 3.35. The summed E-state index contributed by atoms with van der Waals surface area (Å²) in [7, 11) is 0. The molecule has 1 aliphatic rings. The van der Waals surface area contributed by atoms with E-state index in [2.05, 4.69) is 20.2 Å². The van der Waals surface area contributed by atoms with Gasteiger partial charge in [-0.05, 0) is 0 Å². The van der Waals surface area contributed by atoms with Gasteiger partial charge in [0.25, 0.3) is 0 Å². The molecule has 1 saturated heterocycles. The number of carbonyl (C=O) groups is 1. The van der Waals surface area contributed by atoms with Crippen LogP contribution in [0.2, 0.25) is 0 Å². The Hall–Kier alpha value is -1.80. The number of carboxylic acid groups (broad SMARTS) is 1. The molecule has 0 unspecified atom stereocenters. The van der Waals surface area contributed by atoms with Crippen molar-refractivity contribution in [3.8, 4) is 0 Å². The second-order valence-corrected chi connectivity index (χ2v) is 5.18. The first-order chi connectivity index (χ1) is 8.72. The molecule has 3 rings (SSSR count). The Bertz CT molecular complexity index is 546. The maximum Gasteiger partial charge on any atom is 0.358 e. The van der Waals surface area contributed by atoms with E-state index in [1.807, 2.05) is 11.7 Å². The first-order valence-electron chi connectivity index (χ1n) is 5.47. The molecule has 2 aromatic heterocycles. The molecule has 8 heteroatoms. The number of thiazole rings is 1. The van der Waals surface area contributed by atoms with E-state index in [0.29, 0.717) is 0 Å². The van der Waals surface area contributed by atoms with E-state index in [1.54, 1.807) is 16.0 Å². The van der Waals surface area contributed by atoms with Gasteiger partial charge in [0.05, 0.1) is 17.7 Å². The van der Waals surface area contributed by atoms with Crippen molar-refractivity contribution in [1.29, 1.82) is 0 Å². The Kier molecular flexibility index (Phi) is 2.80. The molecule has 0 saturated carbocycles. The molecule has 0 radical (unpaired) electrons. The number of hydrogen-bond donors (Lipinski definition) is 1. The average Bonchev–Trinajstić information content (AvgIpc) is 2.94. The smallest absolute Gasteiger partial charge is 0.358 e. The zero-order valence-corrected chi connectivity index (χ0v) is 10.2. The molecule has 0 atom stereocenters. The Balaban J connectivity index is 1.56.